The van der Waals surface area contributed by atoms with E-state index >= 15 is 0 Å². The summed E-state index contributed by atoms with van der Waals surface area (Å²) in [7, 11) is 0. The lowest BCUT2D eigenvalue weighted by atomic mass is 9.89. The number of imidazole rings is 1. The Morgan fingerprint density at radius 2 is 2.22 bits per heavy atom. The van der Waals surface area contributed by atoms with Crippen molar-refractivity contribution in [2.24, 2.45) is 0 Å². The highest BCUT2D eigenvalue weighted by Gasteiger charge is 2.19. The Hall–Kier alpha value is -1.62. The Kier molecular flexibility index (Phi) is 3.81. The molecule has 2 N–H and O–H groups in total. The fraction of sp³-hybridized carbons (Fsp3) is 0.538. The molecule has 0 unspecified atom stereocenters. The number of rotatable bonds is 5. The predicted molar refractivity (Wildman–Crippen MR) is 71.2 cm³/mol. The van der Waals surface area contributed by atoms with Crippen LogP contribution in [0.5, 0.6) is 0 Å². The first kappa shape index (κ1) is 12.8. The first-order chi connectivity index (χ1) is 8.57. The molecule has 0 radical (unpaired) electrons. The molecule has 2 aromatic rings. The van der Waals surface area contributed by atoms with Gasteiger partial charge in [0.2, 0.25) is 0 Å². The molecule has 5 nitrogen and oxygen atoms in total. The maximum absolute atomic E-state index is 4.14. The van der Waals surface area contributed by atoms with Crippen molar-refractivity contribution < 1.29 is 0 Å². The van der Waals surface area contributed by atoms with Crippen LogP contribution in [0, 0.1) is 0 Å². The first-order valence-electron chi connectivity index (χ1n) is 6.26. The molecule has 0 saturated carbocycles. The lowest BCUT2D eigenvalue weighted by molar-refractivity contribution is 0.547. The summed E-state index contributed by atoms with van der Waals surface area (Å²) in [6.07, 6.45) is 7.51. The summed E-state index contributed by atoms with van der Waals surface area (Å²) in [5, 5.41) is 10.7. The topological polar surface area (TPSA) is 58.5 Å². The van der Waals surface area contributed by atoms with Crippen molar-refractivity contribution in [1.82, 2.24) is 25.1 Å². The van der Waals surface area contributed by atoms with Crippen LogP contribution in [0.4, 0.5) is 0 Å². The molecule has 0 aliphatic carbocycles. The van der Waals surface area contributed by atoms with E-state index in [1.807, 2.05) is 18.7 Å². The van der Waals surface area contributed by atoms with Crippen LogP contribution in [0.15, 0.2) is 24.9 Å². The summed E-state index contributed by atoms with van der Waals surface area (Å²) in [5.41, 5.74) is 2.56. The Morgan fingerprint density at radius 1 is 1.39 bits per heavy atom. The van der Waals surface area contributed by atoms with Crippen molar-refractivity contribution in [2.45, 2.75) is 39.3 Å². The van der Waals surface area contributed by atoms with Gasteiger partial charge in [0.1, 0.15) is 0 Å². The van der Waals surface area contributed by atoms with Gasteiger partial charge in [-0.15, -0.1) is 0 Å². The summed E-state index contributed by atoms with van der Waals surface area (Å²) in [6, 6.07) is 0. The van der Waals surface area contributed by atoms with Gasteiger partial charge in [-0.05, 0) is 0 Å². The van der Waals surface area contributed by atoms with Gasteiger partial charge in [-0.25, -0.2) is 4.98 Å². The molecule has 0 saturated heterocycles. The van der Waals surface area contributed by atoms with Gasteiger partial charge in [-0.1, -0.05) is 20.8 Å². The smallest absolute Gasteiger partial charge is 0.0946 e. The highest BCUT2D eigenvalue weighted by molar-refractivity contribution is 5.23. The van der Waals surface area contributed by atoms with Gasteiger partial charge in [0.25, 0.3) is 0 Å². The third-order valence-electron chi connectivity index (χ3n) is 2.89. The molecule has 0 spiro atoms. The molecule has 2 heterocycles. The highest BCUT2D eigenvalue weighted by atomic mass is 15.1. The Bertz CT molecular complexity index is 464. The van der Waals surface area contributed by atoms with E-state index in [1.165, 1.54) is 11.3 Å². The van der Waals surface area contributed by atoms with E-state index in [-0.39, 0.29) is 5.41 Å². The maximum atomic E-state index is 4.14. The quantitative estimate of drug-likeness (QED) is 0.791. The molecule has 2 aromatic heterocycles. The average molecular weight is 247 g/mol. The molecule has 0 aromatic carbocycles. The van der Waals surface area contributed by atoms with Crippen LogP contribution in [0.3, 0.4) is 0 Å². The summed E-state index contributed by atoms with van der Waals surface area (Å²) in [6.45, 7) is 9.27. The van der Waals surface area contributed by atoms with E-state index in [0.717, 1.165) is 19.6 Å². The molecular formula is C13H21N5. The van der Waals surface area contributed by atoms with Crippen molar-refractivity contribution in [1.29, 1.82) is 0 Å². The zero-order chi connectivity index (χ0) is 13.0. The third kappa shape index (κ3) is 3.20. The number of H-pyrrole nitrogens is 1. The van der Waals surface area contributed by atoms with E-state index in [1.54, 1.807) is 6.20 Å². The van der Waals surface area contributed by atoms with Crippen LogP contribution in [-0.2, 0) is 18.5 Å². The molecule has 5 heteroatoms. The number of aromatic nitrogens is 4. The number of nitrogens with one attached hydrogen (secondary N) is 2. The molecule has 2 rings (SSSR count). The molecular weight excluding hydrogens is 226 g/mol. The van der Waals surface area contributed by atoms with Crippen molar-refractivity contribution in [3.8, 4) is 0 Å². The van der Waals surface area contributed by atoms with Crippen molar-refractivity contribution >= 4 is 0 Å². The second-order valence-corrected chi connectivity index (χ2v) is 5.50. The van der Waals surface area contributed by atoms with Crippen molar-refractivity contribution in [3.05, 3.63) is 36.2 Å². The largest absolute Gasteiger partial charge is 0.336 e. The fourth-order valence-corrected chi connectivity index (χ4v) is 1.94. The van der Waals surface area contributed by atoms with Gasteiger partial charge in [-0.3, -0.25) is 5.10 Å². The minimum atomic E-state index is 0.109. The molecule has 0 aliphatic heterocycles. The van der Waals surface area contributed by atoms with Crippen LogP contribution >= 0.6 is 0 Å². The minimum absolute atomic E-state index is 0.109. The monoisotopic (exact) mass is 247 g/mol. The van der Waals surface area contributed by atoms with E-state index in [9.17, 15) is 0 Å². The van der Waals surface area contributed by atoms with E-state index in [4.69, 9.17) is 0 Å². The third-order valence-corrected chi connectivity index (χ3v) is 2.89. The van der Waals surface area contributed by atoms with Crippen LogP contribution in [0.25, 0.3) is 0 Å². The van der Waals surface area contributed by atoms with Gasteiger partial charge < -0.3 is 9.88 Å². The summed E-state index contributed by atoms with van der Waals surface area (Å²) in [4.78, 5) is 4.02. The first-order valence-corrected chi connectivity index (χ1v) is 6.26. The zero-order valence-electron chi connectivity index (χ0n) is 11.3. The second kappa shape index (κ2) is 5.35. The molecule has 18 heavy (non-hydrogen) atoms. The normalized spacial score (nSPS) is 11.9. The molecule has 0 fully saturated rings. The van der Waals surface area contributed by atoms with Gasteiger partial charge in [0, 0.05) is 48.7 Å². The van der Waals surface area contributed by atoms with E-state index in [2.05, 4.69) is 45.8 Å². The summed E-state index contributed by atoms with van der Waals surface area (Å²) < 4.78 is 2.06. The lowest BCUT2D eigenvalue weighted by Gasteiger charge is -2.18. The summed E-state index contributed by atoms with van der Waals surface area (Å²) >= 11 is 0. The van der Waals surface area contributed by atoms with Crippen LogP contribution < -0.4 is 5.32 Å². The van der Waals surface area contributed by atoms with E-state index in [0.29, 0.717) is 0 Å². The number of aromatic amines is 1. The standard InChI is InChI=1S/C13H21N5/c1-13(2,3)12-11(9-16-17-12)8-14-4-6-18-7-5-15-10-18/h5,7,9-10,14H,4,6,8H2,1-3H3,(H,16,17). The van der Waals surface area contributed by atoms with Crippen LogP contribution in [0.1, 0.15) is 32.0 Å². The highest BCUT2D eigenvalue weighted by Crippen LogP contribution is 2.22. The predicted octanol–water partition coefficient (Wildman–Crippen LogP) is 1.69. The van der Waals surface area contributed by atoms with Crippen molar-refractivity contribution in [3.63, 3.8) is 0 Å². The SMILES string of the molecule is CC(C)(C)c1[nH]ncc1CNCCn1ccnc1. The van der Waals surface area contributed by atoms with Gasteiger partial charge in [0.05, 0.1) is 12.5 Å². The van der Waals surface area contributed by atoms with Crippen LogP contribution in [0.2, 0.25) is 0 Å². The van der Waals surface area contributed by atoms with Gasteiger partial charge in [0.15, 0.2) is 0 Å². The van der Waals surface area contributed by atoms with Crippen LogP contribution in [-0.4, -0.2) is 26.3 Å². The van der Waals surface area contributed by atoms with E-state index < -0.39 is 0 Å². The number of hydrogen-bond acceptors (Lipinski definition) is 3. The summed E-state index contributed by atoms with van der Waals surface area (Å²) in [5.74, 6) is 0. The fourth-order valence-electron chi connectivity index (χ4n) is 1.94. The molecule has 0 amide bonds. The maximum Gasteiger partial charge on any atom is 0.0946 e. The Balaban J connectivity index is 1.82. The molecule has 98 valence electrons. The molecule has 0 bridgehead atoms. The lowest BCUT2D eigenvalue weighted by Crippen LogP contribution is -2.22. The number of nitrogens with zero attached hydrogens (tertiary/aromatic N) is 3. The Morgan fingerprint density at radius 3 is 2.89 bits per heavy atom. The second-order valence-electron chi connectivity index (χ2n) is 5.50. The molecule has 0 atom stereocenters. The average Bonchev–Trinajstić information content (AvgIpc) is 2.94. The Labute approximate surface area is 108 Å². The molecule has 0 aliphatic rings. The van der Waals surface area contributed by atoms with Gasteiger partial charge in [-0.2, -0.15) is 5.10 Å². The van der Waals surface area contributed by atoms with Crippen molar-refractivity contribution in [2.75, 3.05) is 6.54 Å². The minimum Gasteiger partial charge on any atom is -0.336 e. The number of hydrogen-bond donors (Lipinski definition) is 2. The zero-order valence-corrected chi connectivity index (χ0v) is 11.3. The van der Waals surface area contributed by atoms with Gasteiger partial charge >= 0.3 is 0 Å².